The van der Waals surface area contributed by atoms with Crippen LogP contribution in [-0.2, 0) is 57.2 Å². The smallest absolute Gasteiger partial charge is 0.312 e. The van der Waals surface area contributed by atoms with Gasteiger partial charge < -0.3 is 28.4 Å². The number of ether oxygens (including phenoxy) is 6. The average molecular weight is 1610 g/mol. The second-order valence-corrected chi connectivity index (χ2v) is 43.3. The minimum absolute atomic E-state index is 0. The number of fused-ring (bicyclic) bond motifs is 1. The number of rotatable bonds is 21. The molecule has 114 heavy (non-hydrogen) atoms. The molecule has 9 aliphatic carbocycles. The van der Waals surface area contributed by atoms with Gasteiger partial charge in [0.25, 0.3) is 0 Å². The van der Waals surface area contributed by atoms with Crippen molar-refractivity contribution in [2.24, 2.45) is 78.8 Å². The van der Waals surface area contributed by atoms with Crippen molar-refractivity contribution >= 4 is 35.8 Å². The molecular weight excluding hydrogens is 1420 g/mol. The Morgan fingerprint density at radius 3 is 0.860 bits per heavy atom. The maximum absolute atomic E-state index is 12.8. The topological polar surface area (TPSA) is 158 Å². The summed E-state index contributed by atoms with van der Waals surface area (Å²) >= 11 is 0. The van der Waals surface area contributed by atoms with Gasteiger partial charge in [-0.2, -0.15) is 0 Å². The molecule has 0 radical (unpaired) electrons. The van der Waals surface area contributed by atoms with Crippen molar-refractivity contribution in [3.05, 3.63) is 0 Å². The van der Waals surface area contributed by atoms with E-state index in [0.29, 0.717) is 29.1 Å². The third-order valence-electron chi connectivity index (χ3n) is 31.3. The Morgan fingerprint density at radius 2 is 0.544 bits per heavy atom. The van der Waals surface area contributed by atoms with Crippen molar-refractivity contribution in [3.63, 3.8) is 0 Å². The van der Waals surface area contributed by atoms with Gasteiger partial charge in [-0.05, 0) is 358 Å². The fraction of sp³-hybridized carbons (Fsp3) is 0.941. The van der Waals surface area contributed by atoms with Crippen LogP contribution in [0, 0.1) is 78.8 Å². The van der Waals surface area contributed by atoms with E-state index in [9.17, 15) is 28.8 Å². The molecule has 9 saturated carbocycles. The van der Waals surface area contributed by atoms with Crippen molar-refractivity contribution in [1.82, 2.24) is 0 Å². The summed E-state index contributed by atoms with van der Waals surface area (Å²) in [6.45, 7) is 58.4. The highest BCUT2D eigenvalue weighted by molar-refractivity contribution is 5.78. The van der Waals surface area contributed by atoms with Crippen LogP contribution in [-0.4, -0.2) is 69.4 Å². The van der Waals surface area contributed by atoms with Crippen LogP contribution in [0.4, 0.5) is 0 Å². The lowest BCUT2D eigenvalue weighted by atomic mass is 9.64. The fourth-order valence-electron chi connectivity index (χ4n) is 19.5. The SMILES string of the molecule is C.C.C.C.CCC(C)(C)C(=O)OC(C)(C)C1CCCCC1.CCC(C)(C)C(=O)OC(C)(C1CCCCC1)C1CCCCC1.CCC(C)(C)C(=O)OC1(C)CCC23CC1C(C)(C)C2CCC3C.CCC(C)(C)C(=O)OC1(C)CCCC1.CCC(C)(C)C(=O)OC1(C)CCCCC1.CCC(C)(C)C(=O)OC1(C)CCCCCCCCC1. The van der Waals surface area contributed by atoms with Gasteiger partial charge in [0.05, 0.1) is 32.5 Å². The first-order valence-corrected chi connectivity index (χ1v) is 46.3. The lowest BCUT2D eigenvalue weighted by Gasteiger charge is -2.47. The van der Waals surface area contributed by atoms with Crippen LogP contribution < -0.4 is 0 Å². The Morgan fingerprint density at radius 1 is 0.289 bits per heavy atom. The van der Waals surface area contributed by atoms with E-state index in [1.54, 1.807) is 0 Å². The highest BCUT2D eigenvalue weighted by atomic mass is 16.6. The van der Waals surface area contributed by atoms with E-state index in [2.05, 4.69) is 90.0 Å². The molecule has 9 fully saturated rings. The highest BCUT2D eigenvalue weighted by Gasteiger charge is 2.69. The van der Waals surface area contributed by atoms with E-state index < -0.39 is 0 Å². The molecule has 5 atom stereocenters. The van der Waals surface area contributed by atoms with Gasteiger partial charge in [0.2, 0.25) is 0 Å². The predicted molar refractivity (Wildman–Crippen MR) is 482 cm³/mol. The molecule has 0 aromatic heterocycles. The van der Waals surface area contributed by atoms with Crippen molar-refractivity contribution < 1.29 is 57.2 Å². The van der Waals surface area contributed by atoms with Crippen LogP contribution in [0.25, 0.3) is 0 Å². The Labute approximate surface area is 707 Å². The second kappa shape index (κ2) is 46.7. The van der Waals surface area contributed by atoms with Crippen LogP contribution >= 0.6 is 0 Å². The molecule has 5 unspecified atom stereocenters. The van der Waals surface area contributed by atoms with Crippen LogP contribution in [0.3, 0.4) is 0 Å². The monoisotopic (exact) mass is 1610 g/mol. The van der Waals surface area contributed by atoms with E-state index in [1.807, 2.05) is 104 Å². The zero-order valence-corrected chi connectivity index (χ0v) is 77.5. The molecule has 9 aliphatic rings. The fourth-order valence-corrected chi connectivity index (χ4v) is 19.5. The first-order valence-electron chi connectivity index (χ1n) is 46.3. The number of carbonyl (C=O) groups excluding carboxylic acids is 6. The first-order chi connectivity index (χ1) is 50.9. The summed E-state index contributed by atoms with van der Waals surface area (Å²) in [5.41, 5.74) is -2.69. The average Bonchev–Trinajstić information content (AvgIpc) is 1.53. The molecule has 0 heterocycles. The predicted octanol–water partition coefficient (Wildman–Crippen LogP) is 30.6. The number of esters is 6. The van der Waals surface area contributed by atoms with Crippen molar-refractivity contribution in [2.75, 3.05) is 0 Å². The molecule has 0 aromatic carbocycles. The molecule has 0 amide bonds. The molecule has 0 saturated heterocycles. The number of hydrogen-bond acceptors (Lipinski definition) is 12. The van der Waals surface area contributed by atoms with E-state index in [1.165, 1.54) is 199 Å². The molecule has 0 aromatic rings. The molecule has 674 valence electrons. The Balaban J connectivity index is 0.00000135. The summed E-state index contributed by atoms with van der Waals surface area (Å²) in [4.78, 5) is 73.7. The van der Waals surface area contributed by atoms with Crippen molar-refractivity contribution in [1.29, 1.82) is 0 Å². The standard InChI is InChI=1S/C21H36O2.C20H36O2.C17H32O2.C15H28O2.C13H24O2.C12H22O2.4CH4/c1-8-18(3,4)17(22)23-20(7)11-12-21-13-16(20)19(5,6)15(21)10-9-14(21)2;1-5-19(2,3)18(21)22-20(4,16-12-8-6-9-13-16)17-14-10-7-11-15-17;1-5-16(2,3)15(18)19-17(4)13-11-9-7-6-8-10-12-14-17;1-6-14(2,3)13(16)17-15(4,5)12-10-8-7-9-11-12;1-5-12(2,3)11(14)15-13(4)9-7-6-8-10-13;1-5-11(2,3)10(13)14-12(4)8-6-7-9-12;;;;/h14-16H,8-13H2,1-7H3;16-17H,5-15H2,1-4H3;5-14H2,1-4H3;12H,6-11H2,1-5H3;5-10H2,1-4H3;5-9H2,1-4H3;4*1H4. The van der Waals surface area contributed by atoms with Crippen LogP contribution in [0.2, 0.25) is 0 Å². The molecule has 9 rings (SSSR count). The molecule has 0 N–H and O–H groups in total. The minimum Gasteiger partial charge on any atom is -0.459 e. The summed E-state index contributed by atoms with van der Waals surface area (Å²) < 4.78 is 35.6. The lowest BCUT2D eigenvalue weighted by Crippen LogP contribution is -2.49. The largest absolute Gasteiger partial charge is 0.459 e. The Kier molecular flexibility index (Phi) is 45.4. The summed E-state index contributed by atoms with van der Waals surface area (Å²) in [6.07, 6.45) is 51.7. The third-order valence-corrected chi connectivity index (χ3v) is 31.3. The second-order valence-electron chi connectivity index (χ2n) is 43.3. The lowest BCUT2D eigenvalue weighted by molar-refractivity contribution is -0.187. The van der Waals surface area contributed by atoms with Gasteiger partial charge in [-0.25, -0.2) is 0 Å². The zero-order valence-electron chi connectivity index (χ0n) is 77.5. The van der Waals surface area contributed by atoms with Gasteiger partial charge in [-0.3, -0.25) is 28.8 Å². The Hall–Kier alpha value is -3.18. The summed E-state index contributed by atoms with van der Waals surface area (Å²) in [5, 5.41) is 0. The van der Waals surface area contributed by atoms with Gasteiger partial charge in [-0.15, -0.1) is 0 Å². The van der Waals surface area contributed by atoms with Crippen LogP contribution in [0.15, 0.2) is 0 Å². The summed E-state index contributed by atoms with van der Waals surface area (Å²) in [7, 11) is 0. The molecule has 1 spiro atoms. The van der Waals surface area contributed by atoms with Crippen molar-refractivity contribution in [2.45, 2.75) is 540 Å². The van der Waals surface area contributed by atoms with Gasteiger partial charge in [-0.1, -0.05) is 188 Å². The number of hydrogen-bond donors (Lipinski definition) is 0. The van der Waals surface area contributed by atoms with E-state index in [0.717, 1.165) is 95.3 Å². The maximum Gasteiger partial charge on any atom is 0.312 e. The van der Waals surface area contributed by atoms with E-state index in [-0.39, 0.29) is 137 Å². The van der Waals surface area contributed by atoms with Crippen LogP contribution in [0.1, 0.15) is 506 Å². The number of carbonyl (C=O) groups is 6. The maximum atomic E-state index is 12.8. The van der Waals surface area contributed by atoms with Gasteiger partial charge in [0.15, 0.2) is 0 Å². The minimum atomic E-state index is -0.371. The van der Waals surface area contributed by atoms with Crippen LogP contribution in [0.5, 0.6) is 0 Å². The van der Waals surface area contributed by atoms with Crippen molar-refractivity contribution in [3.8, 4) is 0 Å². The van der Waals surface area contributed by atoms with Gasteiger partial charge >= 0.3 is 35.8 Å². The Bertz CT molecular complexity index is 2770. The molecule has 2 bridgehead atoms. The van der Waals surface area contributed by atoms with Gasteiger partial charge in [0, 0.05) is 5.92 Å². The van der Waals surface area contributed by atoms with Gasteiger partial charge in [0.1, 0.15) is 33.6 Å². The normalized spacial score (nSPS) is 25.2. The molecular formula is C102H194O12. The third kappa shape index (κ3) is 30.8. The first kappa shape index (κ1) is 111. The quantitative estimate of drug-likeness (QED) is 0.0792. The van der Waals surface area contributed by atoms with E-state index >= 15 is 0 Å². The van der Waals surface area contributed by atoms with E-state index in [4.69, 9.17) is 28.4 Å². The zero-order chi connectivity index (χ0) is 83.3. The summed E-state index contributed by atoms with van der Waals surface area (Å²) in [6, 6.07) is 0. The highest BCUT2D eigenvalue weighted by Crippen LogP contribution is 2.74. The molecule has 0 aliphatic heterocycles. The molecule has 12 heteroatoms. The molecule has 12 nitrogen and oxygen atoms in total. The summed E-state index contributed by atoms with van der Waals surface area (Å²) in [5.74, 6) is 3.72.